The van der Waals surface area contributed by atoms with Crippen molar-refractivity contribution in [3.8, 4) is 11.1 Å². The molecule has 4 rings (SSSR count). The average Bonchev–Trinajstić information content (AvgIpc) is 2.69. The van der Waals surface area contributed by atoms with Crippen LogP contribution in [-0.4, -0.2) is 35.9 Å². The van der Waals surface area contributed by atoms with E-state index in [0.29, 0.717) is 24.0 Å². The number of aromatic nitrogens is 1. The number of rotatable bonds is 4. The van der Waals surface area contributed by atoms with Crippen molar-refractivity contribution in [2.24, 2.45) is 5.73 Å². The predicted molar refractivity (Wildman–Crippen MR) is 109 cm³/mol. The van der Waals surface area contributed by atoms with Crippen molar-refractivity contribution in [1.29, 1.82) is 0 Å². The molecule has 2 heterocycles. The number of primary amides is 1. The van der Waals surface area contributed by atoms with Gasteiger partial charge in [0.25, 0.3) is 5.91 Å². The molecule has 0 atom stereocenters. The molecular weight excluding hydrogens is 393 g/mol. The van der Waals surface area contributed by atoms with Crippen molar-refractivity contribution >= 4 is 26.8 Å². The van der Waals surface area contributed by atoms with Crippen LogP contribution in [0.5, 0.6) is 0 Å². The molecule has 1 amide bonds. The minimum Gasteiger partial charge on any atom is -0.364 e. The van der Waals surface area contributed by atoms with Crippen LogP contribution in [0.2, 0.25) is 0 Å². The van der Waals surface area contributed by atoms with Crippen LogP contribution >= 0.6 is 0 Å². The summed E-state index contributed by atoms with van der Waals surface area (Å²) in [4.78, 5) is 16.1. The Kier molecular flexibility index (Phi) is 5.06. The van der Waals surface area contributed by atoms with Crippen LogP contribution in [0, 0.1) is 5.82 Å². The van der Waals surface area contributed by atoms with Gasteiger partial charge in [0.15, 0.2) is 0 Å². The number of amides is 1. The summed E-state index contributed by atoms with van der Waals surface area (Å²) >= 11 is 0. The van der Waals surface area contributed by atoms with Gasteiger partial charge in [0.05, 0.1) is 11.3 Å². The molecule has 1 aromatic heterocycles. The number of sulfonamides is 1. The van der Waals surface area contributed by atoms with E-state index >= 15 is 0 Å². The number of nitrogens with two attached hydrogens (primary N) is 1. The summed E-state index contributed by atoms with van der Waals surface area (Å²) in [6.07, 6.45) is 1.52. The maximum Gasteiger partial charge on any atom is 0.267 e. The molecule has 3 aromatic rings. The zero-order valence-electron chi connectivity index (χ0n) is 15.6. The molecule has 0 spiro atoms. The van der Waals surface area contributed by atoms with Gasteiger partial charge >= 0.3 is 0 Å². The third-order valence-corrected chi connectivity index (χ3v) is 7.00. The van der Waals surface area contributed by atoms with Gasteiger partial charge in [-0.2, -0.15) is 4.31 Å². The molecule has 1 aliphatic rings. The van der Waals surface area contributed by atoms with Crippen LogP contribution in [-0.2, 0) is 16.6 Å². The molecule has 6 nitrogen and oxygen atoms in total. The van der Waals surface area contributed by atoms with Gasteiger partial charge in [0, 0.05) is 18.5 Å². The second-order valence-corrected chi connectivity index (χ2v) is 9.22. The van der Waals surface area contributed by atoms with Gasteiger partial charge in [-0.1, -0.05) is 24.3 Å². The van der Waals surface area contributed by atoms with E-state index in [4.69, 9.17) is 5.73 Å². The molecule has 2 aromatic carbocycles. The molecular formula is C21H20FN3O3S. The smallest absolute Gasteiger partial charge is 0.267 e. The molecule has 150 valence electrons. The van der Waals surface area contributed by atoms with Crippen molar-refractivity contribution in [2.45, 2.75) is 19.4 Å². The molecule has 1 aliphatic heterocycles. The third-order valence-electron chi connectivity index (χ3n) is 5.09. The van der Waals surface area contributed by atoms with Crippen LogP contribution in [0.15, 0.2) is 48.5 Å². The predicted octanol–water partition coefficient (Wildman–Crippen LogP) is 3.07. The maximum atomic E-state index is 13.3. The number of fused-ring (bicyclic) bond motifs is 1. The highest BCUT2D eigenvalue weighted by Gasteiger charge is 2.25. The van der Waals surface area contributed by atoms with Crippen molar-refractivity contribution in [1.82, 2.24) is 9.29 Å². The highest BCUT2D eigenvalue weighted by atomic mass is 32.2. The molecule has 1 fully saturated rings. The second kappa shape index (κ2) is 7.53. The fourth-order valence-electron chi connectivity index (χ4n) is 3.59. The first kappa shape index (κ1) is 19.5. The Morgan fingerprint density at radius 3 is 2.55 bits per heavy atom. The number of benzene rings is 2. The second-order valence-electron chi connectivity index (χ2n) is 7.13. The van der Waals surface area contributed by atoms with E-state index in [9.17, 15) is 17.6 Å². The van der Waals surface area contributed by atoms with Gasteiger partial charge in [-0.05, 0) is 53.8 Å². The molecule has 29 heavy (non-hydrogen) atoms. The van der Waals surface area contributed by atoms with Crippen LogP contribution in [0.4, 0.5) is 4.39 Å². The van der Waals surface area contributed by atoms with Gasteiger partial charge in [0.1, 0.15) is 11.5 Å². The number of halogens is 1. The standard InChI is InChI=1S/C21H20FN3O3S/c22-16-6-4-15(5-7-16)18-12-20(21(23)26)24-19-11-14(3-8-17(18)19)13-25-9-1-2-10-29(25,27)28/h3-8,11-12H,1-2,9-10,13H2,(H2,23,26). The number of hydrogen-bond acceptors (Lipinski definition) is 4. The van der Waals surface area contributed by atoms with E-state index in [-0.39, 0.29) is 23.8 Å². The Morgan fingerprint density at radius 1 is 1.10 bits per heavy atom. The van der Waals surface area contributed by atoms with E-state index in [1.54, 1.807) is 24.3 Å². The van der Waals surface area contributed by atoms with Crippen LogP contribution < -0.4 is 5.73 Å². The van der Waals surface area contributed by atoms with Gasteiger partial charge in [-0.15, -0.1) is 0 Å². The molecule has 0 unspecified atom stereocenters. The Morgan fingerprint density at radius 2 is 1.86 bits per heavy atom. The first-order chi connectivity index (χ1) is 13.8. The summed E-state index contributed by atoms with van der Waals surface area (Å²) in [5, 5.41) is 0.770. The van der Waals surface area contributed by atoms with Crippen molar-refractivity contribution in [3.63, 3.8) is 0 Å². The number of carbonyl (C=O) groups excluding carboxylic acids is 1. The summed E-state index contributed by atoms with van der Waals surface area (Å²) in [6.45, 7) is 0.753. The maximum absolute atomic E-state index is 13.3. The fraction of sp³-hybridized carbons (Fsp3) is 0.238. The summed E-state index contributed by atoms with van der Waals surface area (Å²) in [5.41, 5.74) is 8.30. The Bertz CT molecular complexity index is 1190. The summed E-state index contributed by atoms with van der Waals surface area (Å²) in [6, 6.07) is 13.0. The van der Waals surface area contributed by atoms with Crippen LogP contribution in [0.3, 0.4) is 0 Å². The van der Waals surface area contributed by atoms with Crippen LogP contribution in [0.25, 0.3) is 22.0 Å². The largest absolute Gasteiger partial charge is 0.364 e. The molecule has 0 bridgehead atoms. The minimum absolute atomic E-state index is 0.0968. The van der Waals surface area contributed by atoms with Gasteiger partial charge in [-0.25, -0.2) is 17.8 Å². The molecule has 0 radical (unpaired) electrons. The number of hydrogen-bond donors (Lipinski definition) is 1. The summed E-state index contributed by atoms with van der Waals surface area (Å²) in [7, 11) is -3.25. The Hall–Kier alpha value is -2.84. The van der Waals surface area contributed by atoms with E-state index in [1.165, 1.54) is 16.4 Å². The van der Waals surface area contributed by atoms with Gasteiger partial charge in [0.2, 0.25) is 10.0 Å². The number of carbonyl (C=O) groups is 1. The quantitative estimate of drug-likeness (QED) is 0.711. The average molecular weight is 413 g/mol. The highest BCUT2D eigenvalue weighted by Crippen LogP contribution is 2.30. The normalized spacial score (nSPS) is 16.7. The fourth-order valence-corrected chi connectivity index (χ4v) is 5.17. The first-order valence-corrected chi connectivity index (χ1v) is 10.9. The van der Waals surface area contributed by atoms with Crippen molar-refractivity contribution < 1.29 is 17.6 Å². The first-order valence-electron chi connectivity index (χ1n) is 9.31. The zero-order chi connectivity index (χ0) is 20.6. The Balaban J connectivity index is 1.79. The summed E-state index contributed by atoms with van der Waals surface area (Å²) in [5.74, 6) is -0.856. The molecule has 1 saturated heterocycles. The van der Waals surface area contributed by atoms with Crippen LogP contribution in [0.1, 0.15) is 28.9 Å². The minimum atomic E-state index is -3.25. The van der Waals surface area contributed by atoms with E-state index < -0.39 is 15.9 Å². The lowest BCUT2D eigenvalue weighted by molar-refractivity contribution is 0.0996. The van der Waals surface area contributed by atoms with E-state index in [0.717, 1.165) is 22.9 Å². The zero-order valence-corrected chi connectivity index (χ0v) is 16.5. The monoisotopic (exact) mass is 413 g/mol. The van der Waals surface area contributed by atoms with Crippen molar-refractivity contribution in [3.05, 3.63) is 65.6 Å². The SMILES string of the molecule is NC(=O)c1cc(-c2ccc(F)cc2)c2ccc(CN3CCCCS3(=O)=O)cc2n1. The molecule has 0 saturated carbocycles. The molecule has 0 aliphatic carbocycles. The highest BCUT2D eigenvalue weighted by molar-refractivity contribution is 7.89. The number of nitrogens with zero attached hydrogens (tertiary/aromatic N) is 2. The lowest BCUT2D eigenvalue weighted by Crippen LogP contribution is -2.37. The van der Waals surface area contributed by atoms with E-state index in [1.807, 2.05) is 12.1 Å². The lowest BCUT2D eigenvalue weighted by Gasteiger charge is -2.26. The Labute approximate surface area is 168 Å². The number of pyridine rings is 1. The summed E-state index contributed by atoms with van der Waals surface area (Å²) < 4.78 is 39.4. The van der Waals surface area contributed by atoms with Gasteiger partial charge in [-0.3, -0.25) is 4.79 Å². The van der Waals surface area contributed by atoms with Gasteiger partial charge < -0.3 is 5.73 Å². The lowest BCUT2D eigenvalue weighted by atomic mass is 9.98. The molecule has 2 N–H and O–H groups in total. The third kappa shape index (κ3) is 3.99. The molecule has 8 heteroatoms. The van der Waals surface area contributed by atoms with Crippen molar-refractivity contribution in [2.75, 3.05) is 12.3 Å². The topological polar surface area (TPSA) is 93.4 Å². The van der Waals surface area contributed by atoms with E-state index in [2.05, 4.69) is 4.98 Å².